The number of rotatable bonds is 6. The minimum Gasteiger partial charge on any atom is -0.379 e. The van der Waals surface area contributed by atoms with Crippen LogP contribution in [0.2, 0.25) is 0 Å². The molecule has 27 heavy (non-hydrogen) atoms. The molecule has 1 aliphatic rings. The molecule has 8 heteroatoms. The SMILES string of the molecule is O=C(CCc1cccc(Br)c1)Nc1cccc(S(=O)(=O)N2CCOCC2)c1. The van der Waals surface area contributed by atoms with E-state index in [0.29, 0.717) is 44.8 Å². The molecule has 1 N–H and O–H groups in total. The number of halogens is 1. The van der Waals surface area contributed by atoms with Crippen molar-refractivity contribution in [3.8, 4) is 0 Å². The number of sulfonamides is 1. The highest BCUT2D eigenvalue weighted by Crippen LogP contribution is 2.21. The van der Waals surface area contributed by atoms with Crippen LogP contribution >= 0.6 is 15.9 Å². The van der Waals surface area contributed by atoms with E-state index in [9.17, 15) is 13.2 Å². The number of hydrogen-bond acceptors (Lipinski definition) is 4. The number of anilines is 1. The monoisotopic (exact) mass is 452 g/mol. The van der Waals surface area contributed by atoms with Gasteiger partial charge >= 0.3 is 0 Å². The molecule has 1 amide bonds. The predicted octanol–water partition coefficient (Wildman–Crippen LogP) is 3.04. The van der Waals surface area contributed by atoms with Gasteiger partial charge in [-0.15, -0.1) is 0 Å². The standard InChI is InChI=1S/C19H21BrN2O4S/c20-16-4-1-3-15(13-16)7-8-19(23)21-17-5-2-6-18(14-17)27(24,25)22-9-11-26-12-10-22/h1-6,13-14H,7-12H2,(H,21,23). The summed E-state index contributed by atoms with van der Waals surface area (Å²) in [5, 5.41) is 2.78. The van der Waals surface area contributed by atoms with Crippen LogP contribution in [0.15, 0.2) is 57.9 Å². The molecule has 1 aliphatic heterocycles. The molecule has 0 bridgehead atoms. The highest BCUT2D eigenvalue weighted by molar-refractivity contribution is 9.10. The van der Waals surface area contributed by atoms with Crippen LogP contribution in [0.4, 0.5) is 5.69 Å². The summed E-state index contributed by atoms with van der Waals surface area (Å²) in [4.78, 5) is 12.4. The Hall–Kier alpha value is -1.74. The molecule has 1 heterocycles. The van der Waals surface area contributed by atoms with Gasteiger partial charge < -0.3 is 10.1 Å². The lowest BCUT2D eigenvalue weighted by molar-refractivity contribution is -0.116. The number of amides is 1. The zero-order chi connectivity index (χ0) is 19.3. The third-order valence-corrected chi connectivity index (χ3v) is 6.64. The summed E-state index contributed by atoms with van der Waals surface area (Å²) in [5.41, 5.74) is 1.53. The van der Waals surface area contributed by atoms with E-state index in [1.807, 2.05) is 24.3 Å². The number of nitrogens with zero attached hydrogens (tertiary/aromatic N) is 1. The molecule has 1 fully saturated rings. The smallest absolute Gasteiger partial charge is 0.243 e. The van der Waals surface area contributed by atoms with Crippen LogP contribution in [-0.2, 0) is 26.0 Å². The number of ether oxygens (including phenoxy) is 1. The van der Waals surface area contributed by atoms with Crippen molar-refractivity contribution in [1.82, 2.24) is 4.31 Å². The van der Waals surface area contributed by atoms with Gasteiger partial charge in [0, 0.05) is 29.7 Å². The molecule has 0 unspecified atom stereocenters. The second kappa shape index (κ2) is 8.97. The van der Waals surface area contributed by atoms with Crippen molar-refractivity contribution in [2.24, 2.45) is 0 Å². The molecule has 0 saturated carbocycles. The predicted molar refractivity (Wildman–Crippen MR) is 107 cm³/mol. The Morgan fingerprint density at radius 2 is 1.85 bits per heavy atom. The summed E-state index contributed by atoms with van der Waals surface area (Å²) in [6.45, 7) is 1.47. The lowest BCUT2D eigenvalue weighted by atomic mass is 10.1. The molecule has 6 nitrogen and oxygen atoms in total. The van der Waals surface area contributed by atoms with Gasteiger partial charge in [-0.1, -0.05) is 34.1 Å². The average Bonchev–Trinajstić information content (AvgIpc) is 2.67. The average molecular weight is 453 g/mol. The molecule has 1 saturated heterocycles. The first-order valence-corrected chi connectivity index (χ1v) is 10.9. The van der Waals surface area contributed by atoms with Crippen LogP contribution in [0.25, 0.3) is 0 Å². The first kappa shape index (κ1) is 20.0. The van der Waals surface area contributed by atoms with Crippen molar-refractivity contribution in [1.29, 1.82) is 0 Å². The molecule has 144 valence electrons. The fourth-order valence-corrected chi connectivity index (χ4v) is 4.75. The summed E-state index contributed by atoms with van der Waals surface area (Å²) in [5.74, 6) is -0.157. The summed E-state index contributed by atoms with van der Waals surface area (Å²) >= 11 is 3.41. The minimum absolute atomic E-state index is 0.157. The van der Waals surface area contributed by atoms with E-state index in [-0.39, 0.29) is 10.8 Å². The van der Waals surface area contributed by atoms with Gasteiger partial charge in [-0.25, -0.2) is 8.42 Å². The van der Waals surface area contributed by atoms with Gasteiger partial charge in [-0.3, -0.25) is 4.79 Å². The largest absolute Gasteiger partial charge is 0.379 e. The molecule has 2 aromatic rings. The van der Waals surface area contributed by atoms with Crippen molar-refractivity contribution in [3.05, 3.63) is 58.6 Å². The van der Waals surface area contributed by atoms with E-state index in [1.165, 1.54) is 10.4 Å². The first-order valence-electron chi connectivity index (χ1n) is 8.67. The van der Waals surface area contributed by atoms with E-state index in [2.05, 4.69) is 21.2 Å². The number of carbonyl (C=O) groups excluding carboxylic acids is 1. The number of morpholine rings is 1. The summed E-state index contributed by atoms with van der Waals surface area (Å²) in [6, 6.07) is 14.2. The maximum atomic E-state index is 12.7. The molecule has 2 aromatic carbocycles. The van der Waals surface area contributed by atoms with Gasteiger partial charge in [0.05, 0.1) is 18.1 Å². The van der Waals surface area contributed by atoms with Crippen molar-refractivity contribution in [3.63, 3.8) is 0 Å². The van der Waals surface area contributed by atoms with E-state index < -0.39 is 10.0 Å². The molecular weight excluding hydrogens is 432 g/mol. The molecule has 0 atom stereocenters. The lowest BCUT2D eigenvalue weighted by Crippen LogP contribution is -2.40. The van der Waals surface area contributed by atoms with Gasteiger partial charge in [0.1, 0.15) is 0 Å². The van der Waals surface area contributed by atoms with Crippen molar-refractivity contribution in [2.45, 2.75) is 17.7 Å². The Balaban J connectivity index is 1.64. The van der Waals surface area contributed by atoms with Gasteiger partial charge in [0.2, 0.25) is 15.9 Å². The normalized spacial score (nSPS) is 15.4. The van der Waals surface area contributed by atoms with E-state index in [4.69, 9.17) is 4.74 Å². The Kier molecular flexibility index (Phi) is 6.64. The zero-order valence-corrected chi connectivity index (χ0v) is 17.1. The number of benzene rings is 2. The third kappa shape index (κ3) is 5.38. The van der Waals surface area contributed by atoms with Crippen molar-refractivity contribution < 1.29 is 17.9 Å². The highest BCUT2D eigenvalue weighted by Gasteiger charge is 2.26. The van der Waals surface area contributed by atoms with E-state index in [0.717, 1.165) is 10.0 Å². The molecular formula is C19H21BrN2O4S. The number of nitrogens with one attached hydrogen (secondary N) is 1. The maximum Gasteiger partial charge on any atom is 0.243 e. The van der Waals surface area contributed by atoms with Gasteiger partial charge in [0.15, 0.2) is 0 Å². The second-order valence-corrected chi connectivity index (χ2v) is 9.08. The Labute approximate surface area is 167 Å². The Bertz CT molecular complexity index is 911. The van der Waals surface area contributed by atoms with E-state index >= 15 is 0 Å². The van der Waals surface area contributed by atoms with Crippen LogP contribution in [0.1, 0.15) is 12.0 Å². The third-order valence-electron chi connectivity index (χ3n) is 4.26. The molecule has 3 rings (SSSR count). The number of aryl methyl sites for hydroxylation is 1. The molecule has 0 spiro atoms. The topological polar surface area (TPSA) is 75.7 Å². The fourth-order valence-electron chi connectivity index (χ4n) is 2.84. The fraction of sp³-hybridized carbons (Fsp3) is 0.316. The van der Waals surface area contributed by atoms with Gasteiger partial charge in [-0.2, -0.15) is 4.31 Å². The van der Waals surface area contributed by atoms with Crippen LogP contribution in [0.3, 0.4) is 0 Å². The van der Waals surface area contributed by atoms with Crippen LogP contribution in [0, 0.1) is 0 Å². The van der Waals surface area contributed by atoms with Crippen molar-refractivity contribution >= 4 is 37.5 Å². The maximum absolute atomic E-state index is 12.7. The second-order valence-electron chi connectivity index (χ2n) is 6.22. The molecule has 0 radical (unpaired) electrons. The Morgan fingerprint density at radius 3 is 2.59 bits per heavy atom. The first-order chi connectivity index (χ1) is 12.9. The quantitative estimate of drug-likeness (QED) is 0.730. The Morgan fingerprint density at radius 1 is 1.11 bits per heavy atom. The lowest BCUT2D eigenvalue weighted by Gasteiger charge is -2.26. The van der Waals surface area contributed by atoms with Gasteiger partial charge in [0.25, 0.3) is 0 Å². The number of hydrogen-bond donors (Lipinski definition) is 1. The van der Waals surface area contributed by atoms with Crippen LogP contribution in [-0.4, -0.2) is 44.9 Å². The van der Waals surface area contributed by atoms with Gasteiger partial charge in [-0.05, 0) is 42.3 Å². The number of carbonyl (C=O) groups is 1. The molecule has 0 aromatic heterocycles. The van der Waals surface area contributed by atoms with Crippen molar-refractivity contribution in [2.75, 3.05) is 31.6 Å². The molecule has 0 aliphatic carbocycles. The minimum atomic E-state index is -3.58. The van der Waals surface area contributed by atoms with Crippen LogP contribution in [0.5, 0.6) is 0 Å². The van der Waals surface area contributed by atoms with Crippen LogP contribution < -0.4 is 5.32 Å². The summed E-state index contributed by atoms with van der Waals surface area (Å²) in [7, 11) is -3.58. The zero-order valence-electron chi connectivity index (χ0n) is 14.7. The highest BCUT2D eigenvalue weighted by atomic mass is 79.9. The summed E-state index contributed by atoms with van der Waals surface area (Å²) in [6.07, 6.45) is 0.925. The summed E-state index contributed by atoms with van der Waals surface area (Å²) < 4.78 is 33.0. The van der Waals surface area contributed by atoms with E-state index in [1.54, 1.807) is 18.2 Å².